The quantitative estimate of drug-likeness (QED) is 0.285. The van der Waals surface area contributed by atoms with E-state index in [0.29, 0.717) is 0 Å². The lowest BCUT2D eigenvalue weighted by molar-refractivity contribution is 0.0697. The van der Waals surface area contributed by atoms with Crippen LogP contribution < -0.4 is 0 Å². The number of carboxylic acid groups (broad SMARTS) is 1. The van der Waals surface area contributed by atoms with Crippen LogP contribution in [0.3, 0.4) is 0 Å². The van der Waals surface area contributed by atoms with E-state index in [1.165, 1.54) is 33.7 Å². The average Bonchev–Trinajstić information content (AvgIpc) is 3.27. The van der Waals surface area contributed by atoms with Gasteiger partial charge in [0.05, 0.1) is 16.8 Å². The molecule has 0 radical (unpaired) electrons. The minimum Gasteiger partial charge on any atom is -0.478 e. The first-order valence-corrected chi connectivity index (χ1v) is 12.7. The molecule has 0 amide bonds. The highest BCUT2D eigenvalue weighted by molar-refractivity contribution is 6.09. The molecule has 36 heavy (non-hydrogen) atoms. The van der Waals surface area contributed by atoms with Gasteiger partial charge in [0, 0.05) is 11.1 Å². The number of carboxylic acids is 1. The van der Waals surface area contributed by atoms with E-state index < -0.39 is 5.97 Å². The summed E-state index contributed by atoms with van der Waals surface area (Å²) in [5, 5.41) is 13.2. The maximum atomic E-state index is 11.8. The fourth-order valence-electron chi connectivity index (χ4n) is 5.98. The van der Waals surface area contributed by atoms with Crippen molar-refractivity contribution in [1.29, 1.82) is 0 Å². The Kier molecular flexibility index (Phi) is 4.91. The molecule has 0 fully saturated rings. The number of fused-ring (bicyclic) bond motifs is 4. The van der Waals surface area contributed by atoms with Crippen molar-refractivity contribution in [3.63, 3.8) is 0 Å². The van der Waals surface area contributed by atoms with Gasteiger partial charge in [0.15, 0.2) is 0 Å². The molecule has 3 heteroatoms. The van der Waals surface area contributed by atoms with Gasteiger partial charge in [-0.3, -0.25) is 0 Å². The first-order valence-electron chi connectivity index (χ1n) is 12.7. The van der Waals surface area contributed by atoms with Gasteiger partial charge in [0.1, 0.15) is 0 Å². The van der Waals surface area contributed by atoms with Crippen LogP contribution in [0.5, 0.6) is 0 Å². The molecular formula is C33H31NO2. The zero-order chi connectivity index (χ0) is 25.2. The number of aromatic nitrogens is 1. The first-order chi connectivity index (χ1) is 17.2. The van der Waals surface area contributed by atoms with Gasteiger partial charge < -0.3 is 9.67 Å². The van der Waals surface area contributed by atoms with Crippen molar-refractivity contribution in [3.8, 4) is 16.9 Å². The summed E-state index contributed by atoms with van der Waals surface area (Å²) in [6.45, 7) is 9.40. The Morgan fingerprint density at radius 1 is 0.750 bits per heavy atom. The van der Waals surface area contributed by atoms with Gasteiger partial charge in [-0.1, -0.05) is 76.2 Å². The standard InChI is InChI=1S/C33H31NO2/c1-32(2)16-17-33(3,4)28-19-22(12-14-27(28)32)30-20-26-25-11-6-5-8-21(25)13-15-29(26)34(30)24-10-7-9-23(18-24)31(35)36/h5-15,18-20H,16-17H2,1-4H3,(H,35,36). The lowest BCUT2D eigenvalue weighted by atomic mass is 9.63. The monoisotopic (exact) mass is 473 g/mol. The number of rotatable bonds is 3. The molecule has 6 rings (SSSR count). The fourth-order valence-corrected chi connectivity index (χ4v) is 5.98. The maximum absolute atomic E-state index is 11.8. The first kappa shape index (κ1) is 22.6. The third-order valence-corrected chi connectivity index (χ3v) is 8.21. The van der Waals surface area contributed by atoms with Crippen molar-refractivity contribution in [2.45, 2.75) is 51.4 Å². The molecule has 3 nitrogen and oxygen atoms in total. The van der Waals surface area contributed by atoms with Crippen LogP contribution in [0, 0.1) is 0 Å². The molecule has 1 aliphatic rings. The van der Waals surface area contributed by atoms with Crippen molar-refractivity contribution >= 4 is 27.6 Å². The van der Waals surface area contributed by atoms with Crippen molar-refractivity contribution in [1.82, 2.24) is 4.57 Å². The van der Waals surface area contributed by atoms with Crippen molar-refractivity contribution in [3.05, 3.63) is 102 Å². The van der Waals surface area contributed by atoms with Crippen LogP contribution in [0.15, 0.2) is 84.9 Å². The summed E-state index contributed by atoms with van der Waals surface area (Å²) in [7, 11) is 0. The molecular weight excluding hydrogens is 442 g/mol. The summed E-state index contributed by atoms with van der Waals surface area (Å²) >= 11 is 0. The Bertz CT molecular complexity index is 1670. The van der Waals surface area contributed by atoms with Crippen LogP contribution in [0.1, 0.15) is 62.0 Å². The molecule has 0 bridgehead atoms. The van der Waals surface area contributed by atoms with Crippen molar-refractivity contribution in [2.24, 2.45) is 0 Å². The molecule has 1 aliphatic carbocycles. The number of hydrogen-bond donors (Lipinski definition) is 1. The molecule has 0 spiro atoms. The second-order valence-corrected chi connectivity index (χ2v) is 11.5. The molecule has 0 unspecified atom stereocenters. The highest BCUT2D eigenvalue weighted by Crippen LogP contribution is 2.47. The van der Waals surface area contributed by atoms with E-state index in [0.717, 1.165) is 28.9 Å². The predicted octanol–water partition coefficient (Wildman–Crippen LogP) is 8.50. The number of aromatic carboxylic acids is 1. The zero-order valence-corrected chi connectivity index (χ0v) is 21.3. The summed E-state index contributed by atoms with van der Waals surface area (Å²) in [5.41, 5.74) is 7.55. The maximum Gasteiger partial charge on any atom is 0.335 e. The van der Waals surface area contributed by atoms with Crippen molar-refractivity contribution < 1.29 is 9.90 Å². The average molecular weight is 474 g/mol. The van der Waals surface area contributed by atoms with Crippen molar-refractivity contribution in [2.75, 3.05) is 0 Å². The van der Waals surface area contributed by atoms with E-state index in [9.17, 15) is 9.90 Å². The third-order valence-electron chi connectivity index (χ3n) is 8.21. The minimum atomic E-state index is -0.918. The molecule has 1 heterocycles. The van der Waals surface area contributed by atoms with Gasteiger partial charge >= 0.3 is 5.97 Å². The molecule has 1 aromatic heterocycles. The number of hydrogen-bond acceptors (Lipinski definition) is 1. The molecule has 0 aliphatic heterocycles. The highest BCUT2D eigenvalue weighted by Gasteiger charge is 2.37. The van der Waals surface area contributed by atoms with Crippen LogP contribution in [-0.2, 0) is 10.8 Å². The van der Waals surface area contributed by atoms with E-state index >= 15 is 0 Å². The molecule has 0 atom stereocenters. The zero-order valence-electron chi connectivity index (χ0n) is 21.3. The second-order valence-electron chi connectivity index (χ2n) is 11.5. The summed E-state index contributed by atoms with van der Waals surface area (Å²) in [6.07, 6.45) is 2.34. The number of nitrogens with zero attached hydrogens (tertiary/aromatic N) is 1. The highest BCUT2D eigenvalue weighted by atomic mass is 16.4. The van der Waals surface area contributed by atoms with E-state index in [4.69, 9.17) is 0 Å². The topological polar surface area (TPSA) is 42.2 Å². The molecule has 4 aromatic carbocycles. The number of benzene rings is 4. The SMILES string of the molecule is CC1(C)CCC(C)(C)c2cc(-c3cc4c5ccccc5ccc4n3-c3cccc(C(=O)O)c3)ccc21. The lowest BCUT2D eigenvalue weighted by Gasteiger charge is -2.42. The Morgan fingerprint density at radius 2 is 1.50 bits per heavy atom. The normalized spacial score (nSPS) is 16.2. The molecule has 1 N–H and O–H groups in total. The summed E-state index contributed by atoms with van der Waals surface area (Å²) in [6, 6.07) is 29.2. The fraction of sp³-hybridized carbons (Fsp3) is 0.242. The number of carbonyl (C=O) groups is 1. The van der Waals surface area contributed by atoms with Gasteiger partial charge in [0.25, 0.3) is 0 Å². The molecule has 0 saturated heterocycles. The minimum absolute atomic E-state index is 0.105. The van der Waals surface area contributed by atoms with Gasteiger partial charge in [-0.15, -0.1) is 0 Å². The molecule has 5 aromatic rings. The summed E-state index contributed by atoms with van der Waals surface area (Å²) in [4.78, 5) is 11.8. The Morgan fingerprint density at radius 3 is 2.28 bits per heavy atom. The van der Waals surface area contributed by atoms with Crippen LogP contribution in [0.4, 0.5) is 0 Å². The largest absolute Gasteiger partial charge is 0.478 e. The van der Waals surface area contributed by atoms with Gasteiger partial charge in [0.2, 0.25) is 0 Å². The second kappa shape index (κ2) is 7.83. The van der Waals surface area contributed by atoms with Gasteiger partial charge in [-0.05, 0) is 87.5 Å². The molecule has 180 valence electrons. The van der Waals surface area contributed by atoms with E-state index in [2.05, 4.69) is 92.9 Å². The van der Waals surface area contributed by atoms with Crippen LogP contribution in [0.25, 0.3) is 38.6 Å². The van der Waals surface area contributed by atoms with E-state index in [1.54, 1.807) is 12.1 Å². The van der Waals surface area contributed by atoms with E-state index in [-0.39, 0.29) is 16.4 Å². The Labute approximate surface area is 212 Å². The van der Waals surface area contributed by atoms with Crippen LogP contribution in [0.2, 0.25) is 0 Å². The Balaban J connectivity index is 1.68. The Hall–Kier alpha value is -3.85. The lowest BCUT2D eigenvalue weighted by Crippen LogP contribution is -2.33. The van der Waals surface area contributed by atoms with E-state index in [1.807, 2.05) is 12.1 Å². The van der Waals surface area contributed by atoms with Gasteiger partial charge in [-0.2, -0.15) is 0 Å². The van der Waals surface area contributed by atoms with Crippen LogP contribution in [-0.4, -0.2) is 15.6 Å². The molecule has 0 saturated carbocycles. The van der Waals surface area contributed by atoms with Crippen LogP contribution >= 0.6 is 0 Å². The predicted molar refractivity (Wildman–Crippen MR) is 148 cm³/mol. The smallest absolute Gasteiger partial charge is 0.335 e. The summed E-state index contributed by atoms with van der Waals surface area (Å²) < 4.78 is 2.22. The summed E-state index contributed by atoms with van der Waals surface area (Å²) in [5.74, 6) is -0.918. The third kappa shape index (κ3) is 3.45. The van der Waals surface area contributed by atoms with Gasteiger partial charge in [-0.25, -0.2) is 4.79 Å².